The second kappa shape index (κ2) is 4.34. The molecule has 0 atom stereocenters. The number of anilines is 2. The highest BCUT2D eigenvalue weighted by atomic mass is 32.2. The van der Waals surface area contributed by atoms with E-state index in [1.165, 1.54) is 17.5 Å². The summed E-state index contributed by atoms with van der Waals surface area (Å²) in [6.45, 7) is 0. The normalized spacial score (nSPS) is 11.4. The molecule has 0 spiro atoms. The number of hydrogen-bond acceptors (Lipinski definition) is 5. The standard InChI is InChI=1S/C11H13N3O3S/c1-14(18(2,15)16)10-6-4-3-5-8(10)9-7-13-17-11(9)12/h3-7H,12H2,1-2H3. The van der Waals surface area contributed by atoms with Gasteiger partial charge in [0.2, 0.25) is 15.9 Å². The van der Waals surface area contributed by atoms with E-state index in [0.29, 0.717) is 16.8 Å². The largest absolute Gasteiger partial charge is 0.367 e. The van der Waals surface area contributed by atoms with E-state index in [9.17, 15) is 8.42 Å². The lowest BCUT2D eigenvalue weighted by Gasteiger charge is -2.19. The van der Waals surface area contributed by atoms with E-state index >= 15 is 0 Å². The number of nitrogens with zero attached hydrogens (tertiary/aromatic N) is 2. The van der Waals surface area contributed by atoms with Gasteiger partial charge in [-0.3, -0.25) is 4.31 Å². The highest BCUT2D eigenvalue weighted by Gasteiger charge is 2.18. The topological polar surface area (TPSA) is 89.4 Å². The molecule has 2 aromatic rings. The third kappa shape index (κ3) is 2.17. The molecule has 7 heteroatoms. The maximum absolute atomic E-state index is 11.6. The molecule has 0 fully saturated rings. The van der Waals surface area contributed by atoms with Crippen LogP contribution >= 0.6 is 0 Å². The predicted molar refractivity (Wildman–Crippen MR) is 69.6 cm³/mol. The Morgan fingerprint density at radius 2 is 1.94 bits per heavy atom. The molecule has 0 amide bonds. The zero-order chi connectivity index (χ0) is 13.3. The van der Waals surface area contributed by atoms with Gasteiger partial charge in [0.1, 0.15) is 0 Å². The summed E-state index contributed by atoms with van der Waals surface area (Å²) in [6.07, 6.45) is 2.60. The fraction of sp³-hybridized carbons (Fsp3) is 0.182. The zero-order valence-electron chi connectivity index (χ0n) is 9.99. The molecule has 18 heavy (non-hydrogen) atoms. The van der Waals surface area contributed by atoms with Gasteiger partial charge in [-0.05, 0) is 6.07 Å². The summed E-state index contributed by atoms with van der Waals surface area (Å²) in [5.74, 6) is 0.157. The number of nitrogens with two attached hydrogens (primary N) is 1. The van der Waals surface area contributed by atoms with Crippen LogP contribution in [0.4, 0.5) is 11.6 Å². The lowest BCUT2D eigenvalue weighted by Crippen LogP contribution is -2.25. The monoisotopic (exact) mass is 267 g/mol. The number of hydrogen-bond donors (Lipinski definition) is 1. The van der Waals surface area contributed by atoms with E-state index in [4.69, 9.17) is 10.3 Å². The van der Waals surface area contributed by atoms with Crippen LogP contribution in [0.25, 0.3) is 11.1 Å². The van der Waals surface area contributed by atoms with Gasteiger partial charge in [0.25, 0.3) is 0 Å². The Hall–Kier alpha value is -2.02. The predicted octanol–water partition coefficient (Wildman–Crippen LogP) is 1.32. The summed E-state index contributed by atoms with van der Waals surface area (Å²) in [6, 6.07) is 7.01. The van der Waals surface area contributed by atoms with E-state index in [1.54, 1.807) is 24.3 Å². The van der Waals surface area contributed by atoms with Gasteiger partial charge in [0.05, 0.1) is 23.7 Å². The van der Waals surface area contributed by atoms with Crippen molar-refractivity contribution in [3.8, 4) is 11.1 Å². The van der Waals surface area contributed by atoms with E-state index in [1.807, 2.05) is 0 Å². The van der Waals surface area contributed by atoms with Crippen molar-refractivity contribution in [1.82, 2.24) is 5.16 Å². The van der Waals surface area contributed by atoms with Crippen molar-refractivity contribution in [2.75, 3.05) is 23.3 Å². The van der Waals surface area contributed by atoms with Crippen LogP contribution < -0.4 is 10.0 Å². The molecular weight excluding hydrogens is 254 g/mol. The Kier molecular flexibility index (Phi) is 3.00. The highest BCUT2D eigenvalue weighted by molar-refractivity contribution is 7.92. The average molecular weight is 267 g/mol. The van der Waals surface area contributed by atoms with Gasteiger partial charge in [0, 0.05) is 12.6 Å². The number of rotatable bonds is 3. The van der Waals surface area contributed by atoms with Crippen LogP contribution in [0.3, 0.4) is 0 Å². The minimum atomic E-state index is -3.34. The summed E-state index contributed by atoms with van der Waals surface area (Å²) in [7, 11) is -1.86. The molecule has 0 unspecified atom stereocenters. The molecule has 2 N–H and O–H groups in total. The Bertz CT molecular complexity index is 664. The van der Waals surface area contributed by atoms with Crippen LogP contribution in [0, 0.1) is 0 Å². The average Bonchev–Trinajstić information content (AvgIpc) is 2.73. The number of aromatic nitrogens is 1. The summed E-state index contributed by atoms with van der Waals surface area (Å²) in [5, 5.41) is 3.59. The first-order valence-electron chi connectivity index (χ1n) is 5.14. The van der Waals surface area contributed by atoms with Gasteiger partial charge < -0.3 is 10.3 Å². The molecule has 0 bridgehead atoms. The van der Waals surface area contributed by atoms with Gasteiger partial charge >= 0.3 is 0 Å². The van der Waals surface area contributed by atoms with Crippen molar-refractivity contribution in [3.63, 3.8) is 0 Å². The number of benzene rings is 1. The maximum atomic E-state index is 11.6. The molecule has 0 radical (unpaired) electrons. The molecule has 0 saturated carbocycles. The quantitative estimate of drug-likeness (QED) is 0.905. The van der Waals surface area contributed by atoms with Crippen LogP contribution in [0.15, 0.2) is 35.0 Å². The molecule has 1 aromatic carbocycles. The minimum absolute atomic E-state index is 0.157. The van der Waals surface area contributed by atoms with Gasteiger partial charge in [-0.15, -0.1) is 0 Å². The number of para-hydroxylation sites is 1. The Morgan fingerprint density at radius 1 is 1.28 bits per heavy atom. The molecule has 1 aromatic heterocycles. The van der Waals surface area contributed by atoms with E-state index in [2.05, 4.69) is 5.16 Å². The van der Waals surface area contributed by atoms with Crippen LogP contribution in [-0.4, -0.2) is 26.9 Å². The van der Waals surface area contributed by atoms with E-state index in [-0.39, 0.29) is 5.88 Å². The Morgan fingerprint density at radius 3 is 2.50 bits per heavy atom. The molecule has 2 rings (SSSR count). The molecule has 0 aliphatic rings. The Balaban J connectivity index is 2.61. The van der Waals surface area contributed by atoms with Crippen LogP contribution in [-0.2, 0) is 10.0 Å². The third-order valence-electron chi connectivity index (χ3n) is 2.63. The molecule has 0 saturated heterocycles. The zero-order valence-corrected chi connectivity index (χ0v) is 10.8. The first-order valence-corrected chi connectivity index (χ1v) is 6.99. The first-order chi connectivity index (χ1) is 8.41. The third-order valence-corrected chi connectivity index (χ3v) is 3.82. The molecule has 96 valence electrons. The molecule has 6 nitrogen and oxygen atoms in total. The summed E-state index contributed by atoms with van der Waals surface area (Å²) >= 11 is 0. The summed E-state index contributed by atoms with van der Waals surface area (Å²) in [4.78, 5) is 0. The second-order valence-electron chi connectivity index (χ2n) is 3.85. The van der Waals surface area contributed by atoms with E-state index < -0.39 is 10.0 Å². The molecular formula is C11H13N3O3S. The van der Waals surface area contributed by atoms with Crippen molar-refractivity contribution in [2.45, 2.75) is 0 Å². The summed E-state index contributed by atoms with van der Waals surface area (Å²) < 4.78 is 29.2. The van der Waals surface area contributed by atoms with Crippen molar-refractivity contribution in [1.29, 1.82) is 0 Å². The van der Waals surface area contributed by atoms with Crippen LogP contribution in [0.1, 0.15) is 0 Å². The molecule has 1 heterocycles. The first kappa shape index (κ1) is 12.4. The van der Waals surface area contributed by atoms with Crippen molar-refractivity contribution in [3.05, 3.63) is 30.5 Å². The molecule has 0 aliphatic heterocycles. The SMILES string of the molecule is CN(c1ccccc1-c1cnoc1N)S(C)(=O)=O. The highest BCUT2D eigenvalue weighted by Crippen LogP contribution is 2.34. The van der Waals surface area contributed by atoms with Gasteiger partial charge in [-0.1, -0.05) is 23.4 Å². The fourth-order valence-corrected chi connectivity index (χ4v) is 2.12. The van der Waals surface area contributed by atoms with Gasteiger partial charge in [-0.25, -0.2) is 8.42 Å². The maximum Gasteiger partial charge on any atom is 0.232 e. The number of sulfonamides is 1. The number of nitrogen functional groups attached to an aromatic ring is 1. The minimum Gasteiger partial charge on any atom is -0.367 e. The fourth-order valence-electron chi connectivity index (χ4n) is 1.61. The smallest absolute Gasteiger partial charge is 0.232 e. The molecule has 0 aliphatic carbocycles. The summed E-state index contributed by atoms with van der Waals surface area (Å²) in [5.41, 5.74) is 7.40. The second-order valence-corrected chi connectivity index (χ2v) is 5.87. The van der Waals surface area contributed by atoms with Crippen LogP contribution in [0.2, 0.25) is 0 Å². The van der Waals surface area contributed by atoms with Crippen LogP contribution in [0.5, 0.6) is 0 Å². The van der Waals surface area contributed by atoms with Crippen molar-refractivity contribution < 1.29 is 12.9 Å². The Labute approximate surface area is 105 Å². The van der Waals surface area contributed by atoms with Gasteiger partial charge in [-0.2, -0.15) is 0 Å². The van der Waals surface area contributed by atoms with E-state index in [0.717, 1.165) is 6.26 Å². The lowest BCUT2D eigenvalue weighted by atomic mass is 10.1. The van der Waals surface area contributed by atoms with Crippen molar-refractivity contribution >= 4 is 21.6 Å². The van der Waals surface area contributed by atoms with Gasteiger partial charge in [0.15, 0.2) is 0 Å². The lowest BCUT2D eigenvalue weighted by molar-refractivity contribution is 0.436. The van der Waals surface area contributed by atoms with Crippen molar-refractivity contribution in [2.24, 2.45) is 0 Å².